The molecule has 1 N–H and O–H groups in total. The van der Waals surface area contributed by atoms with Crippen LogP contribution in [0.4, 0.5) is 0 Å². The fourth-order valence-corrected chi connectivity index (χ4v) is 1.42. The van der Waals surface area contributed by atoms with E-state index in [0.29, 0.717) is 18.7 Å². The van der Waals surface area contributed by atoms with Crippen LogP contribution in [0.3, 0.4) is 0 Å². The lowest BCUT2D eigenvalue weighted by Gasteiger charge is -2.07. The number of halogens is 1. The molecule has 15 heavy (non-hydrogen) atoms. The molecule has 0 saturated heterocycles. The van der Waals surface area contributed by atoms with Crippen molar-refractivity contribution in [2.45, 2.75) is 6.92 Å². The Kier molecular flexibility index (Phi) is 4.71. The molecule has 0 aliphatic rings. The molecule has 1 aromatic rings. The minimum atomic E-state index is -0.127. The third-order valence-corrected chi connectivity index (χ3v) is 2.79. The van der Waals surface area contributed by atoms with Gasteiger partial charge < -0.3 is 10.1 Å². The second kappa shape index (κ2) is 5.82. The zero-order valence-electron chi connectivity index (χ0n) is 8.71. The van der Waals surface area contributed by atoms with Crippen molar-refractivity contribution in [3.63, 3.8) is 0 Å². The van der Waals surface area contributed by atoms with Crippen molar-refractivity contribution in [3.05, 3.63) is 28.0 Å². The van der Waals surface area contributed by atoms with E-state index in [1.54, 1.807) is 19.5 Å². The van der Waals surface area contributed by atoms with Crippen molar-refractivity contribution in [1.29, 1.82) is 0 Å². The second-order valence-electron chi connectivity index (χ2n) is 3.04. The van der Waals surface area contributed by atoms with Crippen molar-refractivity contribution >= 4 is 21.8 Å². The lowest BCUT2D eigenvalue weighted by molar-refractivity contribution is 0.0936. The summed E-state index contributed by atoms with van der Waals surface area (Å²) in [7, 11) is 1.60. The molecule has 0 atom stereocenters. The van der Waals surface area contributed by atoms with Crippen LogP contribution >= 0.6 is 15.9 Å². The Hall–Kier alpha value is -0.940. The summed E-state index contributed by atoms with van der Waals surface area (Å²) in [5.74, 6) is -0.127. The number of nitrogens with one attached hydrogen (secondary N) is 1. The number of nitrogens with zero attached hydrogens (tertiary/aromatic N) is 1. The van der Waals surface area contributed by atoms with E-state index in [4.69, 9.17) is 4.74 Å². The summed E-state index contributed by atoms with van der Waals surface area (Å²) in [4.78, 5) is 15.6. The molecular weight excluding hydrogens is 260 g/mol. The van der Waals surface area contributed by atoms with E-state index in [0.717, 1.165) is 10.0 Å². The summed E-state index contributed by atoms with van der Waals surface area (Å²) in [5.41, 5.74) is 1.47. The maximum Gasteiger partial charge on any atom is 0.253 e. The lowest BCUT2D eigenvalue weighted by Crippen LogP contribution is -2.27. The maximum absolute atomic E-state index is 11.7. The zero-order valence-corrected chi connectivity index (χ0v) is 10.3. The van der Waals surface area contributed by atoms with E-state index in [-0.39, 0.29) is 5.91 Å². The minimum Gasteiger partial charge on any atom is -0.383 e. The molecule has 1 heterocycles. The summed E-state index contributed by atoms with van der Waals surface area (Å²) < 4.78 is 5.68. The van der Waals surface area contributed by atoms with Gasteiger partial charge in [-0.15, -0.1) is 0 Å². The van der Waals surface area contributed by atoms with Gasteiger partial charge >= 0.3 is 0 Å². The van der Waals surface area contributed by atoms with Gasteiger partial charge in [-0.2, -0.15) is 0 Å². The SMILES string of the molecule is COCCNC(=O)c1cncc(Br)c1C. The number of rotatable bonds is 4. The van der Waals surface area contributed by atoms with Gasteiger partial charge in [0.25, 0.3) is 5.91 Å². The molecule has 0 aliphatic carbocycles. The van der Waals surface area contributed by atoms with Crippen LogP contribution in [0.15, 0.2) is 16.9 Å². The molecule has 0 fully saturated rings. The molecule has 0 aromatic carbocycles. The molecule has 0 aliphatic heterocycles. The van der Waals surface area contributed by atoms with Crippen LogP contribution in [0.2, 0.25) is 0 Å². The molecule has 5 heteroatoms. The molecule has 0 radical (unpaired) electrons. The predicted molar refractivity (Wildman–Crippen MR) is 60.9 cm³/mol. The lowest BCUT2D eigenvalue weighted by atomic mass is 10.1. The van der Waals surface area contributed by atoms with Crippen LogP contribution in [-0.4, -0.2) is 31.2 Å². The van der Waals surface area contributed by atoms with Gasteiger partial charge in [0.05, 0.1) is 12.2 Å². The van der Waals surface area contributed by atoms with Gasteiger partial charge in [0.1, 0.15) is 0 Å². The fourth-order valence-electron chi connectivity index (χ4n) is 1.09. The average molecular weight is 273 g/mol. The smallest absolute Gasteiger partial charge is 0.253 e. The highest BCUT2D eigenvalue weighted by molar-refractivity contribution is 9.10. The summed E-state index contributed by atoms with van der Waals surface area (Å²) in [6.45, 7) is 2.88. The van der Waals surface area contributed by atoms with E-state index >= 15 is 0 Å². The molecule has 1 amide bonds. The second-order valence-corrected chi connectivity index (χ2v) is 3.90. The number of carbonyl (C=O) groups is 1. The van der Waals surface area contributed by atoms with Crippen LogP contribution in [0.5, 0.6) is 0 Å². The van der Waals surface area contributed by atoms with E-state index in [1.807, 2.05) is 6.92 Å². The van der Waals surface area contributed by atoms with Crippen molar-refractivity contribution in [2.24, 2.45) is 0 Å². The van der Waals surface area contributed by atoms with Crippen LogP contribution in [0.25, 0.3) is 0 Å². The number of pyridine rings is 1. The fraction of sp³-hybridized carbons (Fsp3) is 0.400. The molecule has 0 saturated carbocycles. The van der Waals surface area contributed by atoms with Crippen LogP contribution in [0, 0.1) is 6.92 Å². The van der Waals surface area contributed by atoms with Gasteiger partial charge in [-0.3, -0.25) is 9.78 Å². The van der Waals surface area contributed by atoms with Crippen LogP contribution < -0.4 is 5.32 Å². The average Bonchev–Trinajstić information content (AvgIpc) is 2.22. The van der Waals surface area contributed by atoms with Gasteiger partial charge in [0.2, 0.25) is 0 Å². The third-order valence-electron chi connectivity index (χ3n) is 1.99. The normalized spacial score (nSPS) is 10.1. The first-order chi connectivity index (χ1) is 7.16. The number of aromatic nitrogens is 1. The highest BCUT2D eigenvalue weighted by Crippen LogP contribution is 2.17. The molecular formula is C10H13BrN2O2. The molecule has 0 spiro atoms. The quantitative estimate of drug-likeness (QED) is 0.846. The van der Waals surface area contributed by atoms with E-state index in [9.17, 15) is 4.79 Å². The number of amides is 1. The van der Waals surface area contributed by atoms with Gasteiger partial charge in [-0.1, -0.05) is 0 Å². The summed E-state index contributed by atoms with van der Waals surface area (Å²) >= 11 is 3.33. The Morgan fingerprint density at radius 2 is 2.33 bits per heavy atom. The first-order valence-corrected chi connectivity index (χ1v) is 5.33. The van der Waals surface area contributed by atoms with Crippen molar-refractivity contribution < 1.29 is 9.53 Å². The molecule has 0 bridgehead atoms. The molecule has 1 rings (SSSR count). The molecule has 0 unspecified atom stereocenters. The summed E-state index contributed by atoms with van der Waals surface area (Å²) in [6, 6.07) is 0. The Bertz CT molecular complexity index is 355. The predicted octanol–water partition coefficient (Wildman–Crippen LogP) is 1.53. The maximum atomic E-state index is 11.7. The van der Waals surface area contributed by atoms with E-state index in [1.165, 1.54) is 0 Å². The zero-order chi connectivity index (χ0) is 11.3. The number of hydrogen-bond donors (Lipinski definition) is 1. The molecule has 82 valence electrons. The van der Waals surface area contributed by atoms with E-state index in [2.05, 4.69) is 26.2 Å². The van der Waals surface area contributed by atoms with Gasteiger partial charge in [-0.05, 0) is 28.4 Å². The summed E-state index contributed by atoms with van der Waals surface area (Å²) in [6.07, 6.45) is 3.23. The Morgan fingerprint density at radius 3 is 3.00 bits per heavy atom. The highest BCUT2D eigenvalue weighted by Gasteiger charge is 2.10. The molecule has 1 aromatic heterocycles. The monoisotopic (exact) mass is 272 g/mol. The van der Waals surface area contributed by atoms with Crippen LogP contribution in [-0.2, 0) is 4.74 Å². The largest absolute Gasteiger partial charge is 0.383 e. The van der Waals surface area contributed by atoms with Crippen molar-refractivity contribution in [1.82, 2.24) is 10.3 Å². The first-order valence-electron chi connectivity index (χ1n) is 4.54. The standard InChI is InChI=1S/C10H13BrN2O2/c1-7-8(5-12-6-9(7)11)10(14)13-3-4-15-2/h5-6H,3-4H2,1-2H3,(H,13,14). The highest BCUT2D eigenvalue weighted by atomic mass is 79.9. The minimum absolute atomic E-state index is 0.127. The Morgan fingerprint density at radius 1 is 1.60 bits per heavy atom. The van der Waals surface area contributed by atoms with Crippen molar-refractivity contribution in [3.8, 4) is 0 Å². The Labute approximate surface area is 97.2 Å². The Balaban J connectivity index is 2.69. The number of hydrogen-bond acceptors (Lipinski definition) is 3. The number of carbonyl (C=O) groups excluding carboxylic acids is 1. The number of ether oxygens (including phenoxy) is 1. The van der Waals surface area contributed by atoms with E-state index < -0.39 is 0 Å². The first kappa shape index (κ1) is 12.1. The summed E-state index contributed by atoms with van der Waals surface area (Å²) in [5, 5.41) is 2.74. The third kappa shape index (κ3) is 3.28. The van der Waals surface area contributed by atoms with Gasteiger partial charge in [0.15, 0.2) is 0 Å². The van der Waals surface area contributed by atoms with Gasteiger partial charge in [-0.25, -0.2) is 0 Å². The molecule has 4 nitrogen and oxygen atoms in total. The topological polar surface area (TPSA) is 51.2 Å². The van der Waals surface area contributed by atoms with Crippen LogP contribution in [0.1, 0.15) is 15.9 Å². The number of methoxy groups -OCH3 is 1. The van der Waals surface area contributed by atoms with Gasteiger partial charge in [0, 0.05) is 30.5 Å². The van der Waals surface area contributed by atoms with Crippen molar-refractivity contribution in [2.75, 3.05) is 20.3 Å².